The molecule has 8 heteroatoms. The lowest BCUT2D eigenvalue weighted by molar-refractivity contribution is 0.668. The van der Waals surface area contributed by atoms with Crippen LogP contribution < -0.4 is 0 Å². The van der Waals surface area contributed by atoms with Crippen LogP contribution in [0.2, 0.25) is 0 Å². The average molecular weight is 1320 g/mol. The topological polar surface area (TPSA) is 52.1 Å². The van der Waals surface area contributed by atoms with Gasteiger partial charge in [0, 0.05) is 104 Å². The van der Waals surface area contributed by atoms with Gasteiger partial charge in [-0.3, -0.25) is 0 Å². The summed E-state index contributed by atoms with van der Waals surface area (Å²) in [5.41, 5.74) is 23.9. The van der Waals surface area contributed by atoms with Gasteiger partial charge in [-0.05, 0) is 182 Å². The van der Waals surface area contributed by atoms with Gasteiger partial charge in [-0.2, -0.15) is 0 Å². The molecule has 0 aliphatic heterocycles. The van der Waals surface area contributed by atoms with Crippen molar-refractivity contribution in [2.45, 2.75) is 0 Å². The zero-order valence-electron chi connectivity index (χ0n) is 52.1. The standard InChI is InChI=1S/C90H48N2O2S4/c1-7-27-72-66(19-1)82(89-85(91-72)68-21-6-12-32-79(68)97-89)57-44-54(59-23-13-25-64-63-18-5-11-31-78(63)95-87(59)64)43-55(45-57)60-24-14-26-65-71-48-51(36-39-80(71)96-88(60)65)58-22-15-33-81-84(58)86-90(98-81)83(67-20-2-8-28-73(67)92-86)56-41-52(49-34-37-76-69(46-49)61-16-3-9-29-74(61)93-76)40-53(42-56)50-35-38-77-70(47-50)62-17-4-10-30-75(62)94-77/h1-48H. The van der Waals surface area contributed by atoms with E-state index in [2.05, 4.69) is 279 Å². The van der Waals surface area contributed by atoms with E-state index in [0.29, 0.717) is 0 Å². The highest BCUT2D eigenvalue weighted by atomic mass is 32.1. The van der Waals surface area contributed by atoms with Crippen LogP contribution in [0, 0.1) is 0 Å². The lowest BCUT2D eigenvalue weighted by Crippen LogP contribution is -1.90. The minimum atomic E-state index is 0.875. The molecule has 0 N–H and O–H groups in total. The normalized spacial score (nSPS) is 12.3. The molecule has 0 saturated carbocycles. The van der Waals surface area contributed by atoms with Crippen LogP contribution in [0.15, 0.2) is 300 Å². The molecular formula is C90H48N2O2S4. The smallest absolute Gasteiger partial charge is 0.135 e. The first kappa shape index (κ1) is 54.6. The van der Waals surface area contributed by atoms with Crippen LogP contribution in [-0.4, -0.2) is 9.97 Å². The number of thiophene rings is 4. The largest absolute Gasteiger partial charge is 0.456 e. The number of nitrogens with zero attached hydrogens (tertiary/aromatic N) is 2. The Hall–Kier alpha value is -11.6. The Morgan fingerprint density at radius 1 is 0.214 bits per heavy atom. The van der Waals surface area contributed by atoms with Gasteiger partial charge in [-0.25, -0.2) is 9.97 Å². The summed E-state index contributed by atoms with van der Waals surface area (Å²) >= 11 is 7.46. The number of rotatable bonds is 7. The van der Waals surface area contributed by atoms with Gasteiger partial charge in [0.1, 0.15) is 22.3 Å². The fourth-order valence-corrected chi connectivity index (χ4v) is 20.7. The van der Waals surface area contributed by atoms with E-state index in [1.165, 1.54) is 110 Å². The Balaban J connectivity index is 0.730. The number of benzene rings is 14. The number of furan rings is 2. The van der Waals surface area contributed by atoms with Crippen molar-refractivity contribution in [2.75, 3.05) is 0 Å². The molecule has 0 bridgehead atoms. The fourth-order valence-electron chi connectivity index (χ4n) is 15.8. The lowest BCUT2D eigenvalue weighted by Gasteiger charge is -2.15. The number of hydrogen-bond donors (Lipinski definition) is 0. The maximum absolute atomic E-state index is 6.38. The van der Waals surface area contributed by atoms with Gasteiger partial charge in [0.05, 0.1) is 31.5 Å². The van der Waals surface area contributed by atoms with Crippen molar-refractivity contribution in [3.63, 3.8) is 0 Å². The van der Waals surface area contributed by atoms with Gasteiger partial charge >= 0.3 is 0 Å². The number of para-hydroxylation sites is 4. The third kappa shape index (κ3) is 8.21. The Bertz CT molecular complexity index is 7080. The molecule has 454 valence electrons. The summed E-state index contributed by atoms with van der Waals surface area (Å²) < 4.78 is 22.7. The third-order valence-corrected chi connectivity index (χ3v) is 25.0. The Morgan fingerprint density at radius 2 is 0.612 bits per heavy atom. The summed E-state index contributed by atoms with van der Waals surface area (Å²) in [6, 6.07) is 107. The van der Waals surface area contributed by atoms with E-state index in [4.69, 9.17) is 18.8 Å². The van der Waals surface area contributed by atoms with Crippen molar-refractivity contribution in [3.8, 4) is 77.9 Å². The van der Waals surface area contributed by atoms with Gasteiger partial charge in [0.25, 0.3) is 0 Å². The fraction of sp³-hybridized carbons (Fsp3) is 0. The van der Waals surface area contributed by atoms with E-state index in [1.807, 2.05) is 57.5 Å². The maximum atomic E-state index is 6.38. The molecule has 0 radical (unpaired) electrons. The van der Waals surface area contributed by atoms with Crippen LogP contribution in [0.25, 0.3) is 225 Å². The molecular weight excluding hydrogens is 1270 g/mol. The lowest BCUT2D eigenvalue weighted by atomic mass is 9.90. The van der Waals surface area contributed by atoms with Crippen LogP contribution in [0.3, 0.4) is 0 Å². The molecule has 14 aromatic carbocycles. The first-order valence-electron chi connectivity index (χ1n) is 33.0. The van der Waals surface area contributed by atoms with E-state index >= 15 is 0 Å². The first-order valence-corrected chi connectivity index (χ1v) is 36.2. The molecule has 0 aliphatic carbocycles. The Morgan fingerprint density at radius 3 is 1.24 bits per heavy atom. The second-order valence-electron chi connectivity index (χ2n) is 25.7. The van der Waals surface area contributed by atoms with Gasteiger partial charge in [-0.15, -0.1) is 45.3 Å². The molecule has 8 heterocycles. The molecule has 22 rings (SSSR count). The van der Waals surface area contributed by atoms with Crippen LogP contribution in [0.5, 0.6) is 0 Å². The van der Waals surface area contributed by atoms with Crippen molar-refractivity contribution in [2.24, 2.45) is 0 Å². The summed E-state index contributed by atoms with van der Waals surface area (Å²) in [6.45, 7) is 0. The summed E-state index contributed by atoms with van der Waals surface area (Å²) in [4.78, 5) is 11.1. The molecule has 0 aliphatic rings. The maximum Gasteiger partial charge on any atom is 0.135 e. The van der Waals surface area contributed by atoms with E-state index in [9.17, 15) is 0 Å². The van der Waals surface area contributed by atoms with E-state index in [0.717, 1.165) is 115 Å². The molecule has 0 atom stereocenters. The van der Waals surface area contributed by atoms with Gasteiger partial charge in [0.15, 0.2) is 0 Å². The summed E-state index contributed by atoms with van der Waals surface area (Å²) in [5, 5.41) is 14.1. The zero-order chi connectivity index (χ0) is 63.8. The average Bonchev–Trinajstić information content (AvgIpc) is 1.27. The quantitative estimate of drug-likeness (QED) is 0.160. The number of pyridine rings is 2. The molecule has 0 spiro atoms. The monoisotopic (exact) mass is 1320 g/mol. The van der Waals surface area contributed by atoms with Crippen LogP contribution in [0.1, 0.15) is 0 Å². The molecule has 22 aromatic rings. The van der Waals surface area contributed by atoms with Crippen molar-refractivity contribution >= 4 is 192 Å². The highest BCUT2D eigenvalue weighted by Gasteiger charge is 2.25. The molecule has 8 aromatic heterocycles. The van der Waals surface area contributed by atoms with Crippen molar-refractivity contribution < 1.29 is 8.83 Å². The molecule has 0 fully saturated rings. The van der Waals surface area contributed by atoms with Crippen molar-refractivity contribution in [1.29, 1.82) is 0 Å². The zero-order valence-corrected chi connectivity index (χ0v) is 55.3. The van der Waals surface area contributed by atoms with Crippen molar-refractivity contribution in [1.82, 2.24) is 9.97 Å². The molecule has 0 saturated heterocycles. The molecule has 98 heavy (non-hydrogen) atoms. The predicted octanol–water partition coefficient (Wildman–Crippen LogP) is 27.7. The number of aromatic nitrogens is 2. The van der Waals surface area contributed by atoms with E-state index in [1.54, 1.807) is 0 Å². The predicted molar refractivity (Wildman–Crippen MR) is 421 cm³/mol. The minimum Gasteiger partial charge on any atom is -0.456 e. The number of fused-ring (bicyclic) bond motifs is 20. The Labute approximate surface area is 575 Å². The summed E-state index contributed by atoms with van der Waals surface area (Å²) in [7, 11) is 0. The van der Waals surface area contributed by atoms with Crippen LogP contribution in [0.4, 0.5) is 0 Å². The summed E-state index contributed by atoms with van der Waals surface area (Å²) in [6.07, 6.45) is 0. The van der Waals surface area contributed by atoms with Gasteiger partial charge in [0.2, 0.25) is 0 Å². The van der Waals surface area contributed by atoms with Crippen LogP contribution in [-0.2, 0) is 0 Å². The van der Waals surface area contributed by atoms with Gasteiger partial charge < -0.3 is 8.83 Å². The summed E-state index contributed by atoms with van der Waals surface area (Å²) in [5.74, 6) is 0. The van der Waals surface area contributed by atoms with E-state index in [-0.39, 0.29) is 0 Å². The highest BCUT2D eigenvalue weighted by molar-refractivity contribution is 7.27. The molecule has 0 amide bonds. The Kier molecular flexibility index (Phi) is 11.7. The van der Waals surface area contributed by atoms with E-state index < -0.39 is 0 Å². The van der Waals surface area contributed by atoms with Crippen molar-refractivity contribution in [3.05, 3.63) is 291 Å². The SMILES string of the molecule is c1ccc2c(-c3cc(-c4cccc5c4sc4ccccc45)cc(-c4cccc5c4sc4ccc(-c6cccc7sc8c(-c9cc(-c%10ccc%11oc%12ccccc%12c%11c%10)cc(-c%10ccc%11oc%12ccccc%12c%11c%10)c9)c9ccccc9nc8c67)cc45)c3)c3sc4ccccc4c3nc2c1. The second-order valence-corrected chi connectivity index (χ2v) is 29.9. The first-order chi connectivity index (χ1) is 48.5. The van der Waals surface area contributed by atoms with Crippen LogP contribution >= 0.6 is 45.3 Å². The number of hydrogen-bond acceptors (Lipinski definition) is 8. The highest BCUT2D eigenvalue weighted by Crippen LogP contribution is 2.52. The minimum absolute atomic E-state index is 0.875. The second kappa shape index (κ2) is 20.9. The molecule has 0 unspecified atom stereocenters. The van der Waals surface area contributed by atoms with Gasteiger partial charge in [-0.1, -0.05) is 176 Å². The third-order valence-electron chi connectivity index (χ3n) is 20.2. The molecule has 4 nitrogen and oxygen atoms in total.